The highest BCUT2D eigenvalue weighted by Gasteiger charge is 2.15. The molecule has 0 aliphatic carbocycles. The minimum absolute atomic E-state index is 0.111. The summed E-state index contributed by atoms with van der Waals surface area (Å²) in [6.45, 7) is 0.111. The maximum atomic E-state index is 11.9. The summed E-state index contributed by atoms with van der Waals surface area (Å²) in [5.74, 6) is 0.490. The fourth-order valence-corrected chi connectivity index (χ4v) is 1.95. The van der Waals surface area contributed by atoms with Crippen LogP contribution in [0.1, 0.15) is 10.4 Å². The molecule has 0 spiro atoms. The van der Waals surface area contributed by atoms with E-state index in [4.69, 9.17) is 9.47 Å². The van der Waals surface area contributed by atoms with Crippen LogP contribution in [0.4, 0.5) is 0 Å². The molecule has 5 nitrogen and oxygen atoms in total. The summed E-state index contributed by atoms with van der Waals surface area (Å²) in [7, 11) is 3.08. The number of carbonyl (C=O) groups excluding carboxylic acids is 2. The highest BCUT2D eigenvalue weighted by molar-refractivity contribution is 6.00. The van der Waals surface area contributed by atoms with Gasteiger partial charge in [0, 0.05) is 0 Å². The molecule has 0 bridgehead atoms. The van der Waals surface area contributed by atoms with Gasteiger partial charge in [0.15, 0.2) is 0 Å². The summed E-state index contributed by atoms with van der Waals surface area (Å²) in [4.78, 5) is 22.3. The highest BCUT2D eigenvalue weighted by Crippen LogP contribution is 2.29. The fourth-order valence-electron chi connectivity index (χ4n) is 1.95. The summed E-state index contributed by atoms with van der Waals surface area (Å²) >= 11 is 0. The predicted octanol–water partition coefficient (Wildman–Crippen LogP) is 2.68. The molecule has 0 atom stereocenters. The SMILES string of the molecule is COc1ccc(-c2ccc(OC)cc2C(=O)OC=O)cc1. The molecular formula is C16H14O5. The van der Waals surface area contributed by atoms with Gasteiger partial charge in [-0.05, 0) is 41.5 Å². The van der Waals surface area contributed by atoms with E-state index in [0.717, 1.165) is 5.56 Å². The number of hydrogen-bond donors (Lipinski definition) is 0. The summed E-state index contributed by atoms with van der Waals surface area (Å²) < 4.78 is 14.6. The van der Waals surface area contributed by atoms with Crippen LogP contribution < -0.4 is 9.47 Å². The van der Waals surface area contributed by atoms with Gasteiger partial charge in [-0.1, -0.05) is 12.1 Å². The Hall–Kier alpha value is -2.82. The second-order valence-corrected chi connectivity index (χ2v) is 4.14. The summed E-state index contributed by atoms with van der Waals surface area (Å²) in [5.41, 5.74) is 1.70. The maximum Gasteiger partial charge on any atom is 0.346 e. The number of methoxy groups -OCH3 is 2. The predicted molar refractivity (Wildman–Crippen MR) is 76.5 cm³/mol. The van der Waals surface area contributed by atoms with Gasteiger partial charge in [0.25, 0.3) is 0 Å². The molecule has 21 heavy (non-hydrogen) atoms. The number of benzene rings is 2. The van der Waals surface area contributed by atoms with Gasteiger partial charge in [0.2, 0.25) is 0 Å². The summed E-state index contributed by atoms with van der Waals surface area (Å²) in [6, 6.07) is 12.2. The lowest BCUT2D eigenvalue weighted by atomic mass is 9.99. The van der Waals surface area contributed by atoms with E-state index in [9.17, 15) is 9.59 Å². The standard InChI is InChI=1S/C16H14O5/c1-19-12-5-3-11(4-6-12)14-8-7-13(20-2)9-15(14)16(18)21-10-17/h3-10H,1-2H3. The molecule has 0 unspecified atom stereocenters. The van der Waals surface area contributed by atoms with Crippen LogP contribution in [0, 0.1) is 0 Å². The van der Waals surface area contributed by atoms with Crippen molar-refractivity contribution in [1.82, 2.24) is 0 Å². The third-order valence-electron chi connectivity index (χ3n) is 3.00. The first-order chi connectivity index (χ1) is 10.2. The zero-order valence-electron chi connectivity index (χ0n) is 11.7. The Morgan fingerprint density at radius 1 is 0.952 bits per heavy atom. The van der Waals surface area contributed by atoms with Gasteiger partial charge in [0.05, 0.1) is 19.8 Å². The van der Waals surface area contributed by atoms with Crippen molar-refractivity contribution < 1.29 is 23.8 Å². The van der Waals surface area contributed by atoms with E-state index >= 15 is 0 Å². The molecule has 0 radical (unpaired) electrons. The zero-order valence-corrected chi connectivity index (χ0v) is 11.7. The molecule has 0 saturated carbocycles. The Bertz CT molecular complexity index is 646. The highest BCUT2D eigenvalue weighted by atomic mass is 16.6. The van der Waals surface area contributed by atoms with Gasteiger partial charge in [-0.15, -0.1) is 0 Å². The second-order valence-electron chi connectivity index (χ2n) is 4.14. The number of ether oxygens (including phenoxy) is 3. The van der Waals surface area contributed by atoms with Crippen LogP contribution in [0.15, 0.2) is 42.5 Å². The van der Waals surface area contributed by atoms with E-state index in [2.05, 4.69) is 4.74 Å². The number of rotatable bonds is 5. The summed E-state index contributed by atoms with van der Waals surface area (Å²) in [5, 5.41) is 0. The van der Waals surface area contributed by atoms with Crippen LogP contribution in [0.5, 0.6) is 11.5 Å². The molecule has 2 aromatic carbocycles. The van der Waals surface area contributed by atoms with Crippen molar-refractivity contribution in [3.8, 4) is 22.6 Å². The molecule has 0 saturated heterocycles. The van der Waals surface area contributed by atoms with Crippen LogP contribution >= 0.6 is 0 Å². The van der Waals surface area contributed by atoms with Crippen LogP contribution in [0.2, 0.25) is 0 Å². The smallest absolute Gasteiger partial charge is 0.346 e. The average molecular weight is 286 g/mol. The van der Waals surface area contributed by atoms with E-state index < -0.39 is 5.97 Å². The fraction of sp³-hybridized carbons (Fsp3) is 0.125. The lowest BCUT2D eigenvalue weighted by molar-refractivity contribution is -0.123. The van der Waals surface area contributed by atoms with Crippen LogP contribution in [-0.2, 0) is 9.53 Å². The molecule has 0 N–H and O–H groups in total. The van der Waals surface area contributed by atoms with Gasteiger partial charge in [-0.25, -0.2) is 4.79 Å². The minimum Gasteiger partial charge on any atom is -0.497 e. The molecule has 2 aromatic rings. The minimum atomic E-state index is -0.727. The van der Waals surface area contributed by atoms with Gasteiger partial charge in [0.1, 0.15) is 11.5 Å². The van der Waals surface area contributed by atoms with E-state index in [-0.39, 0.29) is 12.0 Å². The zero-order chi connectivity index (χ0) is 15.2. The molecule has 0 aliphatic heterocycles. The Kier molecular flexibility index (Phi) is 4.56. The van der Waals surface area contributed by atoms with E-state index in [1.807, 2.05) is 12.1 Å². The third-order valence-corrected chi connectivity index (χ3v) is 3.00. The van der Waals surface area contributed by atoms with Gasteiger partial charge in [-0.3, -0.25) is 4.79 Å². The van der Waals surface area contributed by atoms with Crippen LogP contribution in [0.3, 0.4) is 0 Å². The van der Waals surface area contributed by atoms with Crippen molar-refractivity contribution in [2.45, 2.75) is 0 Å². The number of carbonyl (C=O) groups is 2. The summed E-state index contributed by atoms with van der Waals surface area (Å²) in [6.07, 6.45) is 0. The van der Waals surface area contributed by atoms with Crippen molar-refractivity contribution in [3.05, 3.63) is 48.0 Å². The molecule has 5 heteroatoms. The molecule has 0 amide bonds. The largest absolute Gasteiger partial charge is 0.497 e. The van der Waals surface area contributed by atoms with Gasteiger partial charge < -0.3 is 14.2 Å². The lowest BCUT2D eigenvalue weighted by Crippen LogP contribution is -2.06. The van der Waals surface area contributed by atoms with Crippen molar-refractivity contribution >= 4 is 12.4 Å². The molecule has 0 aliphatic rings. The van der Waals surface area contributed by atoms with Crippen molar-refractivity contribution in [2.24, 2.45) is 0 Å². The number of esters is 1. The molecule has 2 rings (SSSR count). The topological polar surface area (TPSA) is 61.8 Å². The number of hydrogen-bond acceptors (Lipinski definition) is 5. The lowest BCUT2D eigenvalue weighted by Gasteiger charge is -2.10. The normalized spacial score (nSPS) is 9.81. The van der Waals surface area contributed by atoms with Gasteiger partial charge >= 0.3 is 12.4 Å². The molecule has 0 heterocycles. The van der Waals surface area contributed by atoms with Crippen molar-refractivity contribution in [2.75, 3.05) is 14.2 Å². The quantitative estimate of drug-likeness (QED) is 0.480. The Balaban J connectivity index is 2.50. The average Bonchev–Trinajstić information content (AvgIpc) is 2.54. The van der Waals surface area contributed by atoms with Crippen molar-refractivity contribution in [1.29, 1.82) is 0 Å². The molecule has 108 valence electrons. The first-order valence-corrected chi connectivity index (χ1v) is 6.16. The molecular weight excluding hydrogens is 272 g/mol. The second kappa shape index (κ2) is 6.56. The van der Waals surface area contributed by atoms with Crippen LogP contribution in [-0.4, -0.2) is 26.7 Å². The van der Waals surface area contributed by atoms with Crippen LogP contribution in [0.25, 0.3) is 11.1 Å². The maximum absolute atomic E-state index is 11.9. The Morgan fingerprint density at radius 3 is 2.14 bits per heavy atom. The molecule has 0 aromatic heterocycles. The molecule has 0 fully saturated rings. The van der Waals surface area contributed by atoms with Gasteiger partial charge in [-0.2, -0.15) is 0 Å². The Morgan fingerprint density at radius 2 is 1.57 bits per heavy atom. The first-order valence-electron chi connectivity index (χ1n) is 6.16. The van der Waals surface area contributed by atoms with E-state index in [0.29, 0.717) is 17.1 Å². The van der Waals surface area contributed by atoms with Crippen molar-refractivity contribution in [3.63, 3.8) is 0 Å². The third kappa shape index (κ3) is 3.20. The Labute approximate surface area is 122 Å². The first kappa shape index (κ1) is 14.6. The monoisotopic (exact) mass is 286 g/mol. The van der Waals surface area contributed by atoms with E-state index in [1.165, 1.54) is 13.2 Å². The van der Waals surface area contributed by atoms with E-state index in [1.54, 1.807) is 31.4 Å².